The van der Waals surface area contributed by atoms with E-state index in [0.717, 1.165) is 49.2 Å². The Balaban J connectivity index is 1.21. The van der Waals surface area contributed by atoms with Crippen molar-refractivity contribution in [2.75, 3.05) is 46.3 Å². The highest BCUT2D eigenvalue weighted by atomic mass is 16.2. The average molecular weight is 482 g/mol. The Kier molecular flexibility index (Phi) is 7.00. The van der Waals surface area contributed by atoms with Gasteiger partial charge in [0.15, 0.2) is 0 Å². The number of likely N-dealkylation sites (N-methyl/N-ethyl adjacent to an activating group) is 1. The van der Waals surface area contributed by atoms with Crippen LogP contribution in [0, 0.1) is 0 Å². The van der Waals surface area contributed by atoms with E-state index in [4.69, 9.17) is 0 Å². The molecule has 4 aliphatic heterocycles. The van der Waals surface area contributed by atoms with Crippen LogP contribution in [0.15, 0.2) is 18.2 Å². The molecular weight excluding hydrogens is 446 g/mol. The molecule has 0 spiro atoms. The van der Waals surface area contributed by atoms with Crippen LogP contribution in [0.4, 0.5) is 0 Å². The smallest absolute Gasteiger partial charge is 0.262 e. The minimum Gasteiger partial charge on any atom is -0.357 e. The lowest BCUT2D eigenvalue weighted by Gasteiger charge is -2.38. The van der Waals surface area contributed by atoms with Crippen LogP contribution >= 0.6 is 0 Å². The lowest BCUT2D eigenvalue weighted by Crippen LogP contribution is -2.50. The molecule has 3 amide bonds. The number of imide groups is 1. The number of carbonyl (C=O) groups is 4. The predicted octanol–water partition coefficient (Wildman–Crippen LogP) is 0.731. The van der Waals surface area contributed by atoms with E-state index in [2.05, 4.69) is 20.0 Å². The molecule has 4 heterocycles. The van der Waals surface area contributed by atoms with Gasteiger partial charge in [0, 0.05) is 64.8 Å². The molecule has 9 nitrogen and oxygen atoms in total. The molecule has 0 radical (unpaired) electrons. The third-order valence-electron chi connectivity index (χ3n) is 8.22. The van der Waals surface area contributed by atoms with Crippen LogP contribution in [-0.4, -0.2) is 108 Å². The molecule has 0 aromatic heterocycles. The Bertz CT molecular complexity index is 993. The van der Waals surface area contributed by atoms with E-state index in [9.17, 15) is 19.2 Å². The first kappa shape index (κ1) is 24.1. The Morgan fingerprint density at radius 2 is 1.83 bits per heavy atom. The van der Waals surface area contributed by atoms with Crippen molar-refractivity contribution in [2.45, 2.75) is 56.8 Å². The van der Waals surface area contributed by atoms with E-state index < -0.39 is 23.8 Å². The van der Waals surface area contributed by atoms with E-state index in [1.54, 1.807) is 12.1 Å². The molecule has 9 heteroatoms. The zero-order valence-electron chi connectivity index (χ0n) is 20.4. The number of nitrogens with one attached hydrogen (secondary N) is 1. The minimum absolute atomic E-state index is 0.0995. The van der Waals surface area contributed by atoms with Crippen molar-refractivity contribution < 1.29 is 19.2 Å². The SMILES string of the molecule is CNC(=O)C(CCC=O)N1C(=O)c2ccc(CN3CCN(C4CC5CCCN5C4)CC3)cc2C1=O. The fourth-order valence-corrected chi connectivity index (χ4v) is 6.33. The summed E-state index contributed by atoms with van der Waals surface area (Å²) >= 11 is 0. The van der Waals surface area contributed by atoms with Gasteiger partial charge in [-0.05, 0) is 49.9 Å². The van der Waals surface area contributed by atoms with E-state index in [1.807, 2.05) is 6.07 Å². The Morgan fingerprint density at radius 1 is 1.06 bits per heavy atom. The number of fused-ring (bicyclic) bond motifs is 2. The average Bonchev–Trinajstić information content (AvgIpc) is 3.54. The zero-order chi connectivity index (χ0) is 24.5. The van der Waals surface area contributed by atoms with E-state index in [-0.39, 0.29) is 12.8 Å². The molecule has 3 unspecified atom stereocenters. The number of hydrogen-bond acceptors (Lipinski definition) is 7. The summed E-state index contributed by atoms with van der Waals surface area (Å²) in [7, 11) is 1.46. The minimum atomic E-state index is -0.986. The van der Waals surface area contributed by atoms with Crippen molar-refractivity contribution in [2.24, 2.45) is 0 Å². The molecule has 1 aromatic rings. The number of nitrogens with zero attached hydrogens (tertiary/aromatic N) is 4. The summed E-state index contributed by atoms with van der Waals surface area (Å²) in [5.41, 5.74) is 1.66. The van der Waals surface area contributed by atoms with Gasteiger partial charge in [0.05, 0.1) is 11.1 Å². The number of rotatable bonds is 8. The van der Waals surface area contributed by atoms with Crippen LogP contribution in [0.2, 0.25) is 0 Å². The highest BCUT2D eigenvalue weighted by molar-refractivity contribution is 6.23. The topological polar surface area (TPSA) is 93.3 Å². The van der Waals surface area contributed by atoms with Crippen molar-refractivity contribution in [3.63, 3.8) is 0 Å². The van der Waals surface area contributed by atoms with Crippen molar-refractivity contribution in [3.05, 3.63) is 34.9 Å². The maximum Gasteiger partial charge on any atom is 0.262 e. The summed E-state index contributed by atoms with van der Waals surface area (Å²) in [6, 6.07) is 5.91. The molecule has 3 atom stereocenters. The molecule has 3 fully saturated rings. The normalized spacial score (nSPS) is 26.1. The maximum atomic E-state index is 13.2. The standard InChI is InChI=1S/C26H35N5O4/c1-27-24(33)23(5-3-13-32)31-25(34)21-7-6-18(14-22(21)26(31)35)16-28-9-11-29(12-10-28)20-15-19-4-2-8-30(19)17-20/h6-7,13-14,19-20,23H,2-5,8-12,15-17H2,1H3,(H,27,33). The van der Waals surface area contributed by atoms with Crippen molar-refractivity contribution in [3.8, 4) is 0 Å². The number of aldehydes is 1. The van der Waals surface area contributed by atoms with Crippen molar-refractivity contribution in [1.82, 2.24) is 24.9 Å². The van der Waals surface area contributed by atoms with Crippen LogP contribution in [0.5, 0.6) is 0 Å². The first-order valence-electron chi connectivity index (χ1n) is 12.9. The summed E-state index contributed by atoms with van der Waals surface area (Å²) < 4.78 is 0. The molecule has 0 bridgehead atoms. The van der Waals surface area contributed by atoms with Gasteiger partial charge in [-0.1, -0.05) is 6.07 Å². The van der Waals surface area contributed by atoms with Gasteiger partial charge in [0.2, 0.25) is 5.91 Å². The summed E-state index contributed by atoms with van der Waals surface area (Å²) in [5, 5.41) is 2.51. The molecule has 35 heavy (non-hydrogen) atoms. The molecule has 4 aliphatic rings. The van der Waals surface area contributed by atoms with Gasteiger partial charge in [-0.2, -0.15) is 0 Å². The van der Waals surface area contributed by atoms with Gasteiger partial charge in [-0.25, -0.2) is 0 Å². The van der Waals surface area contributed by atoms with Gasteiger partial charge >= 0.3 is 0 Å². The van der Waals surface area contributed by atoms with Gasteiger partial charge in [-0.15, -0.1) is 0 Å². The van der Waals surface area contributed by atoms with Crippen LogP contribution in [0.3, 0.4) is 0 Å². The third kappa shape index (κ3) is 4.64. The van der Waals surface area contributed by atoms with Gasteiger partial charge in [-0.3, -0.25) is 34.0 Å². The lowest BCUT2D eigenvalue weighted by molar-refractivity contribution is -0.124. The number of carbonyl (C=O) groups excluding carboxylic acids is 4. The number of benzene rings is 1. The Morgan fingerprint density at radius 3 is 2.54 bits per heavy atom. The van der Waals surface area contributed by atoms with E-state index in [0.29, 0.717) is 23.5 Å². The maximum absolute atomic E-state index is 13.2. The Hall–Kier alpha value is -2.62. The van der Waals surface area contributed by atoms with Crippen LogP contribution in [0.1, 0.15) is 58.4 Å². The van der Waals surface area contributed by atoms with Gasteiger partial charge < -0.3 is 10.1 Å². The fraction of sp³-hybridized carbons (Fsp3) is 0.615. The van der Waals surface area contributed by atoms with Gasteiger partial charge in [0.1, 0.15) is 12.3 Å². The first-order chi connectivity index (χ1) is 17.0. The molecule has 3 saturated heterocycles. The predicted molar refractivity (Wildman–Crippen MR) is 130 cm³/mol. The molecule has 0 saturated carbocycles. The molecule has 5 rings (SSSR count). The summed E-state index contributed by atoms with van der Waals surface area (Å²) in [6.07, 6.45) is 4.92. The lowest BCUT2D eigenvalue weighted by atomic mass is 10.0. The largest absolute Gasteiger partial charge is 0.357 e. The summed E-state index contributed by atoms with van der Waals surface area (Å²) in [5.74, 6) is -1.37. The fourth-order valence-electron chi connectivity index (χ4n) is 6.33. The summed E-state index contributed by atoms with van der Waals surface area (Å²) in [6.45, 7) is 7.30. The second-order valence-electron chi connectivity index (χ2n) is 10.2. The number of hydrogen-bond donors (Lipinski definition) is 1. The molecule has 0 aliphatic carbocycles. The molecule has 1 aromatic carbocycles. The quantitative estimate of drug-likeness (QED) is 0.432. The molecule has 188 valence electrons. The van der Waals surface area contributed by atoms with Crippen LogP contribution in [0.25, 0.3) is 0 Å². The van der Waals surface area contributed by atoms with E-state index >= 15 is 0 Å². The molecule has 1 N–H and O–H groups in total. The third-order valence-corrected chi connectivity index (χ3v) is 8.22. The Labute approximate surface area is 206 Å². The van der Waals surface area contributed by atoms with Crippen molar-refractivity contribution in [1.29, 1.82) is 0 Å². The zero-order valence-corrected chi connectivity index (χ0v) is 20.4. The van der Waals surface area contributed by atoms with Gasteiger partial charge in [0.25, 0.3) is 11.8 Å². The van der Waals surface area contributed by atoms with Crippen molar-refractivity contribution >= 4 is 24.0 Å². The number of amides is 3. The van der Waals surface area contributed by atoms with E-state index in [1.165, 1.54) is 39.4 Å². The number of piperazine rings is 1. The molecular formula is C26H35N5O4. The summed E-state index contributed by atoms with van der Waals surface area (Å²) in [4.78, 5) is 58.1. The second kappa shape index (κ2) is 10.2. The highest BCUT2D eigenvalue weighted by Crippen LogP contribution is 2.31. The van der Waals surface area contributed by atoms with Crippen LogP contribution < -0.4 is 5.32 Å². The highest BCUT2D eigenvalue weighted by Gasteiger charge is 2.43. The second-order valence-corrected chi connectivity index (χ2v) is 10.2. The monoisotopic (exact) mass is 481 g/mol. The first-order valence-corrected chi connectivity index (χ1v) is 12.9. The van der Waals surface area contributed by atoms with Crippen LogP contribution in [-0.2, 0) is 16.1 Å².